The van der Waals surface area contributed by atoms with Crippen LogP contribution < -0.4 is 4.74 Å². The number of hydrogen-bond acceptors (Lipinski definition) is 7. The Balaban J connectivity index is 1.78. The maximum absolute atomic E-state index is 11.6. The molecule has 0 saturated heterocycles. The smallest absolute Gasteiger partial charge is 0.277 e. The van der Waals surface area contributed by atoms with Crippen molar-refractivity contribution in [1.82, 2.24) is 14.8 Å². The number of para-hydroxylation sites is 2. The molecule has 0 unspecified atom stereocenters. The third-order valence-electron chi connectivity index (χ3n) is 4.83. The van der Waals surface area contributed by atoms with Gasteiger partial charge in [0.25, 0.3) is 11.4 Å². The van der Waals surface area contributed by atoms with E-state index < -0.39 is 9.85 Å². The van der Waals surface area contributed by atoms with Crippen LogP contribution in [0.2, 0.25) is 0 Å². The van der Waals surface area contributed by atoms with Gasteiger partial charge in [0.15, 0.2) is 0 Å². The van der Waals surface area contributed by atoms with Crippen molar-refractivity contribution in [3.05, 3.63) is 99.6 Å². The summed E-state index contributed by atoms with van der Waals surface area (Å²) >= 11 is 0. The van der Waals surface area contributed by atoms with Gasteiger partial charge in [0.2, 0.25) is 0 Å². The van der Waals surface area contributed by atoms with Crippen LogP contribution in [0.1, 0.15) is 0 Å². The molecule has 0 N–H and O–H groups in total. The largest absolute Gasteiger partial charge is 0.491 e. The van der Waals surface area contributed by atoms with Gasteiger partial charge in [-0.3, -0.25) is 20.2 Å². The highest BCUT2D eigenvalue weighted by Gasteiger charge is 2.20. The first-order chi connectivity index (χ1) is 15.5. The zero-order valence-electron chi connectivity index (χ0n) is 16.7. The Kier molecular flexibility index (Phi) is 5.84. The highest BCUT2D eigenvalue weighted by Crippen LogP contribution is 2.40. The third kappa shape index (κ3) is 4.29. The maximum atomic E-state index is 11.6. The van der Waals surface area contributed by atoms with Crippen molar-refractivity contribution in [2.24, 2.45) is 0 Å². The van der Waals surface area contributed by atoms with Crippen molar-refractivity contribution in [3.63, 3.8) is 0 Å². The third-order valence-corrected chi connectivity index (χ3v) is 4.83. The first kappa shape index (κ1) is 20.7. The summed E-state index contributed by atoms with van der Waals surface area (Å²) in [5, 5.41) is 27.1. The average Bonchev–Trinajstić information content (AvgIpc) is 3.32. The number of hydrogen-bond donors (Lipinski definition) is 0. The summed E-state index contributed by atoms with van der Waals surface area (Å²) in [6.07, 6.45) is 2.96. The van der Waals surface area contributed by atoms with Crippen LogP contribution in [-0.2, 0) is 6.54 Å². The van der Waals surface area contributed by atoms with Crippen molar-refractivity contribution >= 4 is 11.4 Å². The van der Waals surface area contributed by atoms with Gasteiger partial charge in [0.1, 0.15) is 25.0 Å². The number of ether oxygens (including phenoxy) is 1. The summed E-state index contributed by atoms with van der Waals surface area (Å²) in [6, 6.07) is 17.8. The van der Waals surface area contributed by atoms with Crippen LogP contribution in [0.15, 0.2) is 79.4 Å². The summed E-state index contributed by atoms with van der Waals surface area (Å²) in [6.45, 7) is 0.628. The fourth-order valence-electron chi connectivity index (χ4n) is 3.37. The quantitative estimate of drug-likeness (QED) is 0.297. The molecule has 10 nitrogen and oxygen atoms in total. The fourth-order valence-corrected chi connectivity index (χ4v) is 3.37. The Morgan fingerprint density at radius 3 is 2.16 bits per heavy atom. The molecule has 0 bridgehead atoms. The zero-order valence-corrected chi connectivity index (χ0v) is 16.7. The summed E-state index contributed by atoms with van der Waals surface area (Å²) in [7, 11) is 0. The average molecular weight is 431 g/mol. The van der Waals surface area contributed by atoms with E-state index in [1.807, 2.05) is 0 Å². The molecule has 3 aromatic carbocycles. The van der Waals surface area contributed by atoms with E-state index in [9.17, 15) is 20.2 Å². The lowest BCUT2D eigenvalue weighted by Crippen LogP contribution is -2.09. The van der Waals surface area contributed by atoms with Crippen LogP contribution in [0.3, 0.4) is 0 Å². The monoisotopic (exact) mass is 431 g/mol. The van der Waals surface area contributed by atoms with Gasteiger partial charge in [-0.15, -0.1) is 0 Å². The van der Waals surface area contributed by atoms with E-state index in [0.717, 1.165) is 0 Å². The molecule has 4 rings (SSSR count). The van der Waals surface area contributed by atoms with E-state index in [0.29, 0.717) is 34.5 Å². The standard InChI is InChI=1S/C22H17N5O5/c28-26(29)20-7-3-1-5-17(20)16-9-10-19(18-6-2-4-8-21(18)27(30)31)22(13-16)32-12-11-25-15-23-14-24-25/h1-10,13-15H,11-12H2. The van der Waals surface area contributed by atoms with E-state index in [4.69, 9.17) is 4.74 Å². The Bertz CT molecular complexity index is 1270. The molecule has 160 valence electrons. The van der Waals surface area contributed by atoms with Crippen LogP contribution in [0.4, 0.5) is 11.4 Å². The van der Waals surface area contributed by atoms with Gasteiger partial charge < -0.3 is 4.74 Å². The van der Waals surface area contributed by atoms with Gasteiger partial charge >= 0.3 is 0 Å². The van der Waals surface area contributed by atoms with Gasteiger partial charge in [-0.2, -0.15) is 5.10 Å². The molecule has 0 radical (unpaired) electrons. The van der Waals surface area contributed by atoms with Crippen molar-refractivity contribution in [2.45, 2.75) is 6.54 Å². The predicted octanol–water partition coefficient (Wildman–Crippen LogP) is 4.51. The van der Waals surface area contributed by atoms with Gasteiger partial charge in [0.05, 0.1) is 27.5 Å². The van der Waals surface area contributed by atoms with Crippen molar-refractivity contribution in [2.75, 3.05) is 6.61 Å². The predicted molar refractivity (Wildman–Crippen MR) is 116 cm³/mol. The maximum Gasteiger partial charge on any atom is 0.277 e. The van der Waals surface area contributed by atoms with E-state index in [1.54, 1.807) is 65.6 Å². The molecular weight excluding hydrogens is 414 g/mol. The minimum Gasteiger partial charge on any atom is -0.491 e. The van der Waals surface area contributed by atoms with Crippen molar-refractivity contribution < 1.29 is 14.6 Å². The minimum atomic E-state index is -0.454. The molecule has 0 amide bonds. The molecule has 0 spiro atoms. The summed E-state index contributed by atoms with van der Waals surface area (Å²) in [5.41, 5.74) is 1.79. The molecule has 4 aromatic rings. The van der Waals surface area contributed by atoms with Crippen LogP contribution in [-0.4, -0.2) is 31.2 Å². The van der Waals surface area contributed by atoms with E-state index in [2.05, 4.69) is 10.1 Å². The molecule has 0 saturated carbocycles. The van der Waals surface area contributed by atoms with Crippen molar-refractivity contribution in [1.29, 1.82) is 0 Å². The SMILES string of the molecule is O=[N+]([O-])c1ccccc1-c1ccc(-c2ccccc2[N+](=O)[O-])c(OCCn2cncn2)c1. The molecule has 0 atom stereocenters. The molecule has 0 aliphatic heterocycles. The summed E-state index contributed by atoms with van der Waals surface area (Å²) in [5.74, 6) is 0.370. The highest BCUT2D eigenvalue weighted by atomic mass is 16.6. The molecule has 1 heterocycles. The molecule has 0 fully saturated rings. The molecule has 0 aliphatic rings. The second kappa shape index (κ2) is 9.04. The first-order valence-electron chi connectivity index (χ1n) is 9.61. The van der Waals surface area contributed by atoms with E-state index in [1.165, 1.54) is 18.5 Å². The minimum absolute atomic E-state index is 0.0421. The number of nitro groups is 2. The normalized spacial score (nSPS) is 10.6. The number of aromatic nitrogens is 3. The van der Waals surface area contributed by atoms with Crippen LogP contribution in [0.5, 0.6) is 5.75 Å². The summed E-state index contributed by atoms with van der Waals surface area (Å²) in [4.78, 5) is 26.0. The lowest BCUT2D eigenvalue weighted by atomic mass is 9.97. The van der Waals surface area contributed by atoms with Gasteiger partial charge in [-0.1, -0.05) is 30.3 Å². The number of rotatable bonds is 8. The van der Waals surface area contributed by atoms with E-state index in [-0.39, 0.29) is 18.0 Å². The zero-order chi connectivity index (χ0) is 22.5. The fraction of sp³-hybridized carbons (Fsp3) is 0.0909. The van der Waals surface area contributed by atoms with Gasteiger partial charge in [0, 0.05) is 17.7 Å². The lowest BCUT2D eigenvalue weighted by molar-refractivity contribution is -0.384. The molecular formula is C22H17N5O5. The Labute approximate surface area is 182 Å². The number of nitrogens with zero attached hydrogens (tertiary/aromatic N) is 5. The van der Waals surface area contributed by atoms with Crippen molar-refractivity contribution in [3.8, 4) is 28.0 Å². The Hall–Kier alpha value is -4.60. The molecule has 32 heavy (non-hydrogen) atoms. The summed E-state index contributed by atoms with van der Waals surface area (Å²) < 4.78 is 7.57. The Morgan fingerprint density at radius 2 is 1.50 bits per heavy atom. The number of benzene rings is 3. The molecule has 0 aliphatic carbocycles. The lowest BCUT2D eigenvalue weighted by Gasteiger charge is -2.14. The van der Waals surface area contributed by atoms with Crippen LogP contribution in [0, 0.1) is 20.2 Å². The second-order valence-corrected chi connectivity index (χ2v) is 6.77. The van der Waals surface area contributed by atoms with Crippen LogP contribution in [0.25, 0.3) is 22.3 Å². The topological polar surface area (TPSA) is 126 Å². The van der Waals surface area contributed by atoms with Crippen LogP contribution >= 0.6 is 0 Å². The second-order valence-electron chi connectivity index (χ2n) is 6.77. The molecule has 1 aromatic heterocycles. The van der Waals surface area contributed by atoms with E-state index >= 15 is 0 Å². The number of nitro benzene ring substituents is 2. The first-order valence-corrected chi connectivity index (χ1v) is 9.61. The highest BCUT2D eigenvalue weighted by molar-refractivity contribution is 5.83. The Morgan fingerprint density at radius 1 is 0.844 bits per heavy atom. The molecule has 10 heteroatoms. The van der Waals surface area contributed by atoms with Gasteiger partial charge in [-0.05, 0) is 29.8 Å². The van der Waals surface area contributed by atoms with Gasteiger partial charge in [-0.25, -0.2) is 9.67 Å².